The molecule has 2 heterocycles. The van der Waals surface area contributed by atoms with Crippen molar-refractivity contribution in [1.29, 1.82) is 0 Å². The van der Waals surface area contributed by atoms with Crippen LogP contribution in [0.4, 0.5) is 11.5 Å². The van der Waals surface area contributed by atoms with Crippen LogP contribution in [0, 0.1) is 10.1 Å². The highest BCUT2D eigenvalue weighted by Crippen LogP contribution is 2.15. The molecule has 0 radical (unpaired) electrons. The SMILES string of the molecule is O=[N+]([O-])c1ccc(N/N=C/c2nccc3ccccc23)nc1. The van der Waals surface area contributed by atoms with Gasteiger partial charge >= 0.3 is 0 Å². The van der Waals surface area contributed by atoms with E-state index in [1.54, 1.807) is 12.4 Å². The number of hydrogen-bond acceptors (Lipinski definition) is 6. The predicted octanol–water partition coefficient (Wildman–Crippen LogP) is 2.98. The molecule has 0 aliphatic carbocycles. The fraction of sp³-hybridized carbons (Fsp3) is 0. The summed E-state index contributed by atoms with van der Waals surface area (Å²) in [6.45, 7) is 0. The quantitative estimate of drug-likeness (QED) is 0.453. The number of nitrogens with one attached hydrogen (secondary N) is 1. The van der Waals surface area contributed by atoms with E-state index in [1.165, 1.54) is 18.3 Å². The highest BCUT2D eigenvalue weighted by Gasteiger charge is 2.04. The van der Waals surface area contributed by atoms with Crippen molar-refractivity contribution in [1.82, 2.24) is 9.97 Å². The maximum Gasteiger partial charge on any atom is 0.287 e. The molecule has 0 fully saturated rings. The molecule has 3 rings (SSSR count). The van der Waals surface area contributed by atoms with Crippen LogP contribution in [0.2, 0.25) is 0 Å². The molecule has 22 heavy (non-hydrogen) atoms. The van der Waals surface area contributed by atoms with Gasteiger partial charge in [0.1, 0.15) is 12.0 Å². The molecule has 0 aliphatic heterocycles. The largest absolute Gasteiger partial charge is 0.287 e. The summed E-state index contributed by atoms with van der Waals surface area (Å²) in [5, 5.41) is 16.7. The molecular formula is C15H11N5O2. The smallest absolute Gasteiger partial charge is 0.261 e. The molecular weight excluding hydrogens is 282 g/mol. The van der Waals surface area contributed by atoms with Gasteiger partial charge < -0.3 is 0 Å². The summed E-state index contributed by atoms with van der Waals surface area (Å²) in [6, 6.07) is 12.6. The second-order valence-corrected chi connectivity index (χ2v) is 4.45. The Kier molecular flexibility index (Phi) is 3.69. The topological polar surface area (TPSA) is 93.3 Å². The van der Waals surface area contributed by atoms with Gasteiger partial charge in [-0.2, -0.15) is 5.10 Å². The summed E-state index contributed by atoms with van der Waals surface area (Å²) >= 11 is 0. The fourth-order valence-corrected chi connectivity index (χ4v) is 1.97. The van der Waals surface area contributed by atoms with E-state index in [9.17, 15) is 10.1 Å². The van der Waals surface area contributed by atoms with Gasteiger partial charge in [-0.15, -0.1) is 0 Å². The van der Waals surface area contributed by atoms with Crippen molar-refractivity contribution in [3.05, 3.63) is 70.7 Å². The van der Waals surface area contributed by atoms with E-state index in [4.69, 9.17) is 0 Å². The van der Waals surface area contributed by atoms with Gasteiger partial charge in [0.2, 0.25) is 0 Å². The number of nitrogens with zero attached hydrogens (tertiary/aromatic N) is 4. The average Bonchev–Trinajstić information content (AvgIpc) is 2.55. The van der Waals surface area contributed by atoms with E-state index in [-0.39, 0.29) is 5.69 Å². The standard InChI is InChI=1S/C15H11N5O2/c21-20(22)12-5-6-15(17-9-12)19-18-10-14-13-4-2-1-3-11(13)7-8-16-14/h1-10H,(H,17,19)/b18-10+. The van der Waals surface area contributed by atoms with E-state index in [2.05, 4.69) is 20.5 Å². The van der Waals surface area contributed by atoms with E-state index >= 15 is 0 Å². The van der Waals surface area contributed by atoms with Crippen LogP contribution in [0.25, 0.3) is 10.8 Å². The molecule has 0 unspecified atom stereocenters. The molecule has 0 bridgehead atoms. The molecule has 0 aliphatic rings. The van der Waals surface area contributed by atoms with Gasteiger partial charge in [-0.3, -0.25) is 20.5 Å². The second kappa shape index (κ2) is 5.96. The lowest BCUT2D eigenvalue weighted by Gasteiger charge is -2.01. The first-order valence-corrected chi connectivity index (χ1v) is 6.47. The molecule has 1 aromatic carbocycles. The highest BCUT2D eigenvalue weighted by molar-refractivity contribution is 5.97. The van der Waals surface area contributed by atoms with Gasteiger partial charge in [0, 0.05) is 17.6 Å². The molecule has 108 valence electrons. The van der Waals surface area contributed by atoms with Gasteiger partial charge in [0.25, 0.3) is 5.69 Å². The minimum absolute atomic E-state index is 0.0646. The Hall–Kier alpha value is -3.35. The summed E-state index contributed by atoms with van der Waals surface area (Å²) in [6.07, 6.45) is 4.48. The van der Waals surface area contributed by atoms with E-state index < -0.39 is 4.92 Å². The van der Waals surface area contributed by atoms with Crippen molar-refractivity contribution >= 4 is 28.5 Å². The third-order valence-corrected chi connectivity index (χ3v) is 3.03. The summed E-state index contributed by atoms with van der Waals surface area (Å²) in [7, 11) is 0. The van der Waals surface area contributed by atoms with Crippen LogP contribution in [0.3, 0.4) is 0 Å². The fourth-order valence-electron chi connectivity index (χ4n) is 1.97. The summed E-state index contributed by atoms with van der Waals surface area (Å²) in [4.78, 5) is 18.2. The van der Waals surface area contributed by atoms with E-state index in [0.717, 1.165) is 16.5 Å². The zero-order valence-electron chi connectivity index (χ0n) is 11.4. The number of benzene rings is 1. The lowest BCUT2D eigenvalue weighted by molar-refractivity contribution is -0.385. The molecule has 0 saturated carbocycles. The molecule has 3 aromatic rings. The minimum atomic E-state index is -0.500. The maximum atomic E-state index is 10.5. The number of aromatic nitrogens is 2. The summed E-state index contributed by atoms with van der Waals surface area (Å²) < 4.78 is 0. The molecule has 1 N–H and O–H groups in total. The lowest BCUT2D eigenvalue weighted by atomic mass is 10.1. The Morgan fingerprint density at radius 2 is 2.00 bits per heavy atom. The van der Waals surface area contributed by atoms with Crippen molar-refractivity contribution in [3.8, 4) is 0 Å². The summed E-state index contributed by atoms with van der Waals surface area (Å²) in [5.41, 5.74) is 3.38. The number of hydrogen-bond donors (Lipinski definition) is 1. The third-order valence-electron chi connectivity index (χ3n) is 3.03. The summed E-state index contributed by atoms with van der Waals surface area (Å²) in [5.74, 6) is 0.419. The average molecular weight is 293 g/mol. The number of anilines is 1. The van der Waals surface area contributed by atoms with Gasteiger partial charge in [-0.25, -0.2) is 4.98 Å². The van der Waals surface area contributed by atoms with Crippen molar-refractivity contribution in [2.75, 3.05) is 5.43 Å². The number of nitro groups is 1. The first kappa shape index (κ1) is 13.6. The zero-order chi connectivity index (χ0) is 15.4. The predicted molar refractivity (Wildman–Crippen MR) is 83.9 cm³/mol. The molecule has 7 heteroatoms. The van der Waals surface area contributed by atoms with Crippen LogP contribution in [0.5, 0.6) is 0 Å². The monoisotopic (exact) mass is 293 g/mol. The zero-order valence-corrected chi connectivity index (χ0v) is 11.4. The van der Waals surface area contributed by atoms with Crippen LogP contribution < -0.4 is 5.43 Å². The van der Waals surface area contributed by atoms with E-state index in [1.807, 2.05) is 30.3 Å². The van der Waals surface area contributed by atoms with Crippen LogP contribution in [0.15, 0.2) is 60.0 Å². The Bertz CT molecular complexity index is 841. The minimum Gasteiger partial charge on any atom is -0.261 e. The van der Waals surface area contributed by atoms with Crippen LogP contribution >= 0.6 is 0 Å². The number of hydrazone groups is 1. The van der Waals surface area contributed by atoms with E-state index in [0.29, 0.717) is 5.82 Å². The molecule has 0 saturated heterocycles. The van der Waals surface area contributed by atoms with Gasteiger partial charge in [0.05, 0.1) is 16.8 Å². The first-order chi connectivity index (χ1) is 10.7. The van der Waals surface area contributed by atoms with Crippen molar-refractivity contribution in [2.45, 2.75) is 0 Å². The Labute approximate surface area is 125 Å². The Morgan fingerprint density at radius 1 is 1.14 bits per heavy atom. The molecule has 2 aromatic heterocycles. The molecule has 0 atom stereocenters. The van der Waals surface area contributed by atoms with Crippen molar-refractivity contribution in [2.24, 2.45) is 5.10 Å². The van der Waals surface area contributed by atoms with Crippen LogP contribution in [-0.2, 0) is 0 Å². The maximum absolute atomic E-state index is 10.5. The molecule has 7 nitrogen and oxygen atoms in total. The van der Waals surface area contributed by atoms with Crippen molar-refractivity contribution < 1.29 is 4.92 Å². The normalized spacial score (nSPS) is 10.9. The molecule has 0 amide bonds. The third kappa shape index (κ3) is 2.88. The van der Waals surface area contributed by atoms with Gasteiger partial charge in [-0.05, 0) is 17.5 Å². The Morgan fingerprint density at radius 3 is 2.77 bits per heavy atom. The van der Waals surface area contributed by atoms with Crippen LogP contribution in [-0.4, -0.2) is 21.1 Å². The Balaban J connectivity index is 1.77. The second-order valence-electron chi connectivity index (χ2n) is 4.45. The number of fused-ring (bicyclic) bond motifs is 1. The molecule has 0 spiro atoms. The van der Waals surface area contributed by atoms with Gasteiger partial charge in [0.15, 0.2) is 0 Å². The first-order valence-electron chi connectivity index (χ1n) is 6.47. The van der Waals surface area contributed by atoms with Crippen molar-refractivity contribution in [3.63, 3.8) is 0 Å². The number of rotatable bonds is 4. The van der Waals surface area contributed by atoms with Gasteiger partial charge in [-0.1, -0.05) is 24.3 Å². The highest BCUT2D eigenvalue weighted by atomic mass is 16.6. The number of pyridine rings is 2. The lowest BCUT2D eigenvalue weighted by Crippen LogP contribution is -1.96. The van der Waals surface area contributed by atoms with Crippen LogP contribution in [0.1, 0.15) is 5.69 Å².